The number of methoxy groups -OCH3 is 1. The van der Waals surface area contributed by atoms with E-state index in [4.69, 9.17) is 4.74 Å². The minimum absolute atomic E-state index is 0.762. The first kappa shape index (κ1) is 15.4. The van der Waals surface area contributed by atoms with Gasteiger partial charge in [-0.2, -0.15) is 0 Å². The second kappa shape index (κ2) is 7.65. The highest BCUT2D eigenvalue weighted by Crippen LogP contribution is 2.25. The van der Waals surface area contributed by atoms with Crippen LogP contribution in [0.15, 0.2) is 30.7 Å². The first-order valence-electron chi connectivity index (χ1n) is 8.25. The van der Waals surface area contributed by atoms with Gasteiger partial charge in [-0.1, -0.05) is 0 Å². The minimum Gasteiger partial charge on any atom is -0.383 e. The maximum Gasteiger partial charge on any atom is 0.0735 e. The molecule has 0 spiro atoms. The van der Waals surface area contributed by atoms with Gasteiger partial charge in [-0.15, -0.1) is 0 Å². The van der Waals surface area contributed by atoms with Crippen molar-refractivity contribution in [2.45, 2.75) is 25.7 Å². The lowest BCUT2D eigenvalue weighted by Gasteiger charge is -2.19. The summed E-state index contributed by atoms with van der Waals surface area (Å²) < 4.78 is 5.20. The number of rotatable bonds is 5. The van der Waals surface area contributed by atoms with Gasteiger partial charge in [0, 0.05) is 37.6 Å². The zero-order valence-electron chi connectivity index (χ0n) is 13.4. The second-order valence-corrected chi connectivity index (χ2v) is 6.20. The van der Waals surface area contributed by atoms with E-state index in [0.29, 0.717) is 0 Å². The third kappa shape index (κ3) is 3.81. The van der Waals surface area contributed by atoms with Gasteiger partial charge in [0.2, 0.25) is 0 Å². The van der Waals surface area contributed by atoms with E-state index in [1.807, 2.05) is 24.7 Å². The van der Waals surface area contributed by atoms with Gasteiger partial charge < -0.3 is 9.64 Å². The van der Waals surface area contributed by atoms with E-state index < -0.39 is 0 Å². The molecule has 118 valence electrons. The van der Waals surface area contributed by atoms with Crippen molar-refractivity contribution in [1.29, 1.82) is 0 Å². The average molecular weight is 299 g/mol. The Bertz CT molecular complexity index is 596. The van der Waals surface area contributed by atoms with Crippen LogP contribution in [-0.4, -0.2) is 48.2 Å². The van der Waals surface area contributed by atoms with E-state index >= 15 is 0 Å². The molecule has 0 N–H and O–H groups in total. The Morgan fingerprint density at radius 2 is 2.18 bits per heavy atom. The van der Waals surface area contributed by atoms with Crippen molar-refractivity contribution in [3.8, 4) is 0 Å². The monoisotopic (exact) mass is 299 g/mol. The fraction of sp³-hybridized carbons (Fsp3) is 0.556. The summed E-state index contributed by atoms with van der Waals surface area (Å²) in [4.78, 5) is 11.2. The van der Waals surface area contributed by atoms with E-state index in [-0.39, 0.29) is 0 Å². The highest BCUT2D eigenvalue weighted by Gasteiger charge is 2.18. The average Bonchev–Trinajstić information content (AvgIpc) is 2.79. The summed E-state index contributed by atoms with van der Waals surface area (Å²) >= 11 is 0. The lowest BCUT2D eigenvalue weighted by Crippen LogP contribution is -2.28. The molecule has 1 aliphatic heterocycles. The van der Waals surface area contributed by atoms with Crippen LogP contribution < -0.4 is 0 Å². The Hall–Kier alpha value is -1.52. The summed E-state index contributed by atoms with van der Waals surface area (Å²) in [7, 11) is 1.78. The number of fused-ring (bicyclic) bond motifs is 1. The lowest BCUT2D eigenvalue weighted by molar-refractivity contribution is 0.149. The van der Waals surface area contributed by atoms with Gasteiger partial charge in [0.05, 0.1) is 12.1 Å². The maximum absolute atomic E-state index is 5.20. The van der Waals surface area contributed by atoms with Crippen molar-refractivity contribution in [2.24, 2.45) is 5.92 Å². The van der Waals surface area contributed by atoms with E-state index in [1.54, 1.807) is 7.11 Å². The van der Waals surface area contributed by atoms with Crippen molar-refractivity contribution < 1.29 is 4.74 Å². The Balaban J connectivity index is 1.65. The molecule has 2 aromatic rings. The van der Waals surface area contributed by atoms with Gasteiger partial charge in [0.25, 0.3) is 0 Å². The van der Waals surface area contributed by atoms with Crippen LogP contribution in [0.25, 0.3) is 10.9 Å². The number of likely N-dealkylation sites (tertiary alicyclic amines) is 1. The van der Waals surface area contributed by atoms with Crippen LogP contribution in [0.3, 0.4) is 0 Å². The standard InChI is InChI=1S/C18H25N3O/c1-22-12-11-21-9-2-3-15(6-10-21)13-16-4-8-20-18-5-7-19-14-17(16)18/h4-5,7-8,14-15H,2-3,6,9-13H2,1H3. The Morgan fingerprint density at radius 3 is 3.09 bits per heavy atom. The van der Waals surface area contributed by atoms with Gasteiger partial charge in [0.15, 0.2) is 0 Å². The molecule has 0 bridgehead atoms. The highest BCUT2D eigenvalue weighted by atomic mass is 16.5. The van der Waals surface area contributed by atoms with Crippen LogP contribution in [0.4, 0.5) is 0 Å². The van der Waals surface area contributed by atoms with Crippen LogP contribution >= 0.6 is 0 Å². The smallest absolute Gasteiger partial charge is 0.0735 e. The molecule has 0 aromatic carbocycles. The van der Waals surface area contributed by atoms with Crippen molar-refractivity contribution in [1.82, 2.24) is 14.9 Å². The number of aromatic nitrogens is 2. The summed E-state index contributed by atoms with van der Waals surface area (Å²) in [5, 5.41) is 1.21. The molecular formula is C18H25N3O. The second-order valence-electron chi connectivity index (χ2n) is 6.20. The van der Waals surface area contributed by atoms with E-state index in [2.05, 4.69) is 20.9 Å². The van der Waals surface area contributed by atoms with Gasteiger partial charge in [0.1, 0.15) is 0 Å². The topological polar surface area (TPSA) is 38.2 Å². The Morgan fingerprint density at radius 1 is 1.23 bits per heavy atom. The van der Waals surface area contributed by atoms with Gasteiger partial charge >= 0.3 is 0 Å². The molecule has 0 aliphatic carbocycles. The molecule has 1 aliphatic rings. The molecule has 1 unspecified atom stereocenters. The molecule has 4 heteroatoms. The summed E-state index contributed by atoms with van der Waals surface area (Å²) in [6.07, 6.45) is 10.7. The predicted molar refractivity (Wildman–Crippen MR) is 88.9 cm³/mol. The molecule has 4 nitrogen and oxygen atoms in total. The molecule has 2 aromatic heterocycles. The third-order valence-corrected chi connectivity index (χ3v) is 4.69. The van der Waals surface area contributed by atoms with Gasteiger partial charge in [-0.05, 0) is 62.4 Å². The van der Waals surface area contributed by atoms with Crippen LogP contribution in [0.5, 0.6) is 0 Å². The lowest BCUT2D eigenvalue weighted by atomic mass is 9.92. The van der Waals surface area contributed by atoms with E-state index in [0.717, 1.165) is 31.0 Å². The largest absolute Gasteiger partial charge is 0.383 e. The van der Waals surface area contributed by atoms with E-state index in [1.165, 1.54) is 43.3 Å². The quantitative estimate of drug-likeness (QED) is 0.851. The molecule has 0 radical (unpaired) electrons. The number of hydrogen-bond donors (Lipinski definition) is 0. The summed E-state index contributed by atoms with van der Waals surface area (Å²) in [5.74, 6) is 0.762. The minimum atomic E-state index is 0.762. The first-order chi connectivity index (χ1) is 10.9. The molecule has 0 saturated carbocycles. The van der Waals surface area contributed by atoms with Crippen LogP contribution in [0.2, 0.25) is 0 Å². The summed E-state index contributed by atoms with van der Waals surface area (Å²) in [6, 6.07) is 4.16. The van der Waals surface area contributed by atoms with Crippen LogP contribution in [0, 0.1) is 5.92 Å². The zero-order valence-corrected chi connectivity index (χ0v) is 13.4. The van der Waals surface area contributed by atoms with Crippen molar-refractivity contribution in [2.75, 3.05) is 33.4 Å². The first-order valence-corrected chi connectivity index (χ1v) is 8.25. The molecule has 3 rings (SSSR count). The molecule has 22 heavy (non-hydrogen) atoms. The zero-order chi connectivity index (χ0) is 15.2. The van der Waals surface area contributed by atoms with Crippen LogP contribution in [-0.2, 0) is 11.2 Å². The van der Waals surface area contributed by atoms with Crippen LogP contribution in [0.1, 0.15) is 24.8 Å². The summed E-state index contributed by atoms with van der Waals surface area (Å²) in [5.41, 5.74) is 2.45. The number of ether oxygens (including phenoxy) is 1. The number of pyridine rings is 2. The van der Waals surface area contributed by atoms with E-state index in [9.17, 15) is 0 Å². The number of hydrogen-bond acceptors (Lipinski definition) is 4. The Kier molecular flexibility index (Phi) is 5.35. The third-order valence-electron chi connectivity index (χ3n) is 4.69. The van der Waals surface area contributed by atoms with Crippen molar-refractivity contribution in [3.63, 3.8) is 0 Å². The SMILES string of the molecule is COCCN1CCCC(Cc2ccnc3ccncc23)CC1. The normalized spacial score (nSPS) is 20.1. The number of nitrogens with zero attached hydrogens (tertiary/aromatic N) is 3. The van der Waals surface area contributed by atoms with Gasteiger partial charge in [-0.3, -0.25) is 9.97 Å². The Labute approximate surface area is 132 Å². The molecular weight excluding hydrogens is 274 g/mol. The molecule has 1 fully saturated rings. The molecule has 1 atom stereocenters. The highest BCUT2D eigenvalue weighted by molar-refractivity contribution is 5.80. The van der Waals surface area contributed by atoms with Gasteiger partial charge in [-0.25, -0.2) is 0 Å². The molecule has 3 heterocycles. The molecule has 0 amide bonds. The molecule has 1 saturated heterocycles. The fourth-order valence-electron chi connectivity index (χ4n) is 3.41. The predicted octanol–water partition coefficient (Wildman–Crippen LogP) is 2.92. The van der Waals surface area contributed by atoms with Crippen molar-refractivity contribution >= 4 is 10.9 Å². The van der Waals surface area contributed by atoms with Crippen molar-refractivity contribution in [3.05, 3.63) is 36.3 Å². The maximum atomic E-state index is 5.20. The fourth-order valence-corrected chi connectivity index (χ4v) is 3.41. The summed E-state index contributed by atoms with van der Waals surface area (Å²) in [6.45, 7) is 4.30.